The van der Waals surface area contributed by atoms with Crippen molar-refractivity contribution in [3.05, 3.63) is 77.7 Å². The summed E-state index contributed by atoms with van der Waals surface area (Å²) in [6, 6.07) is 16.4. The van der Waals surface area contributed by atoms with Gasteiger partial charge in [-0.1, -0.05) is 0 Å². The SMILES string of the molecule is NC(=O)c1ccc(-n2c(CCC(=O)[O-])ccc2-c2ccc(F)cc2)cc1. The molecule has 5 nitrogen and oxygen atoms in total. The molecule has 2 aromatic carbocycles. The molecule has 0 aliphatic rings. The molecule has 0 bridgehead atoms. The van der Waals surface area contributed by atoms with Crippen molar-refractivity contribution in [2.24, 2.45) is 5.73 Å². The van der Waals surface area contributed by atoms with E-state index >= 15 is 0 Å². The molecule has 0 saturated carbocycles. The number of carbonyl (C=O) groups is 2. The topological polar surface area (TPSA) is 88.2 Å². The molecule has 0 aliphatic heterocycles. The number of carbonyl (C=O) groups excluding carboxylic acids is 2. The largest absolute Gasteiger partial charge is 0.550 e. The zero-order chi connectivity index (χ0) is 18.7. The summed E-state index contributed by atoms with van der Waals surface area (Å²) in [6.07, 6.45) is 0.160. The number of aryl methyl sites for hydroxylation is 1. The van der Waals surface area contributed by atoms with Crippen LogP contribution >= 0.6 is 0 Å². The molecule has 2 N–H and O–H groups in total. The van der Waals surface area contributed by atoms with Crippen molar-refractivity contribution in [2.45, 2.75) is 12.8 Å². The van der Waals surface area contributed by atoms with Crippen LogP contribution in [0.2, 0.25) is 0 Å². The summed E-state index contributed by atoms with van der Waals surface area (Å²) >= 11 is 0. The number of halogens is 1. The highest BCUT2D eigenvalue weighted by Gasteiger charge is 2.13. The van der Waals surface area contributed by atoms with Gasteiger partial charge in [-0.15, -0.1) is 0 Å². The average Bonchev–Trinajstić information content (AvgIpc) is 3.04. The van der Waals surface area contributed by atoms with Crippen molar-refractivity contribution in [3.8, 4) is 16.9 Å². The van der Waals surface area contributed by atoms with Crippen molar-refractivity contribution < 1.29 is 19.1 Å². The summed E-state index contributed by atoms with van der Waals surface area (Å²) in [7, 11) is 0. The minimum atomic E-state index is -1.13. The molecule has 1 amide bonds. The minimum absolute atomic E-state index is 0.119. The fourth-order valence-corrected chi connectivity index (χ4v) is 2.83. The number of hydrogen-bond donors (Lipinski definition) is 1. The highest BCUT2D eigenvalue weighted by molar-refractivity contribution is 5.92. The quantitative estimate of drug-likeness (QED) is 0.737. The van der Waals surface area contributed by atoms with Crippen LogP contribution in [0.4, 0.5) is 4.39 Å². The van der Waals surface area contributed by atoms with Gasteiger partial charge in [0.15, 0.2) is 0 Å². The lowest BCUT2D eigenvalue weighted by molar-refractivity contribution is -0.305. The monoisotopic (exact) mass is 351 g/mol. The Morgan fingerprint density at radius 3 is 2.19 bits per heavy atom. The number of nitrogens with zero attached hydrogens (tertiary/aromatic N) is 1. The van der Waals surface area contributed by atoms with Crippen molar-refractivity contribution in [1.29, 1.82) is 0 Å². The van der Waals surface area contributed by atoms with Gasteiger partial charge in [-0.05, 0) is 79.1 Å². The number of hydrogen-bond acceptors (Lipinski definition) is 3. The minimum Gasteiger partial charge on any atom is -0.550 e. The van der Waals surface area contributed by atoms with Gasteiger partial charge in [-0.25, -0.2) is 4.39 Å². The number of carboxylic acid groups (broad SMARTS) is 1. The van der Waals surface area contributed by atoms with Crippen molar-refractivity contribution in [1.82, 2.24) is 4.57 Å². The summed E-state index contributed by atoms with van der Waals surface area (Å²) in [4.78, 5) is 22.1. The Morgan fingerprint density at radius 1 is 0.962 bits per heavy atom. The van der Waals surface area contributed by atoms with E-state index in [9.17, 15) is 19.1 Å². The van der Waals surface area contributed by atoms with Crippen molar-refractivity contribution in [2.75, 3.05) is 0 Å². The maximum Gasteiger partial charge on any atom is 0.248 e. The summed E-state index contributed by atoms with van der Waals surface area (Å²) in [6.45, 7) is 0. The molecular formula is C20H16FN2O3-. The maximum atomic E-state index is 13.2. The van der Waals surface area contributed by atoms with E-state index in [-0.39, 0.29) is 18.7 Å². The van der Waals surface area contributed by atoms with Gasteiger partial charge in [0.2, 0.25) is 5.91 Å². The lowest BCUT2D eigenvalue weighted by Gasteiger charge is -2.15. The Bertz CT molecular complexity index is 944. The first-order valence-corrected chi connectivity index (χ1v) is 8.02. The second-order valence-electron chi connectivity index (χ2n) is 5.84. The highest BCUT2D eigenvalue weighted by atomic mass is 19.1. The van der Waals surface area contributed by atoms with Crippen molar-refractivity contribution >= 4 is 11.9 Å². The molecule has 132 valence electrons. The van der Waals surface area contributed by atoms with Gasteiger partial charge in [0.25, 0.3) is 0 Å². The predicted molar refractivity (Wildman–Crippen MR) is 93.0 cm³/mol. The number of benzene rings is 2. The number of aromatic nitrogens is 1. The molecule has 1 heterocycles. The Morgan fingerprint density at radius 2 is 1.62 bits per heavy atom. The first-order valence-electron chi connectivity index (χ1n) is 8.02. The van der Waals surface area contributed by atoms with E-state index in [0.717, 1.165) is 22.6 Å². The van der Waals surface area contributed by atoms with Crippen LogP contribution in [0.3, 0.4) is 0 Å². The van der Waals surface area contributed by atoms with Gasteiger partial charge in [-0.3, -0.25) is 4.79 Å². The molecular weight excluding hydrogens is 335 g/mol. The van der Waals surface area contributed by atoms with Gasteiger partial charge in [0.1, 0.15) is 5.82 Å². The van der Waals surface area contributed by atoms with Gasteiger partial charge in [0.05, 0.1) is 5.69 Å². The van der Waals surface area contributed by atoms with E-state index in [2.05, 4.69) is 0 Å². The fraction of sp³-hybridized carbons (Fsp3) is 0.100. The van der Waals surface area contributed by atoms with Crippen LogP contribution in [0.1, 0.15) is 22.5 Å². The average molecular weight is 351 g/mol. The molecule has 0 atom stereocenters. The van der Waals surface area contributed by atoms with Gasteiger partial charge in [-0.2, -0.15) is 0 Å². The molecule has 0 aliphatic carbocycles. The predicted octanol–water partition coefficient (Wildman–Crippen LogP) is 2.06. The lowest BCUT2D eigenvalue weighted by Crippen LogP contribution is -2.22. The van der Waals surface area contributed by atoms with Crippen LogP contribution in [0.25, 0.3) is 16.9 Å². The van der Waals surface area contributed by atoms with Crippen LogP contribution in [0, 0.1) is 5.82 Å². The molecule has 6 heteroatoms. The Hall–Kier alpha value is -3.41. The number of aliphatic carboxylic acids is 1. The van der Waals surface area contributed by atoms with Gasteiger partial charge < -0.3 is 20.2 Å². The van der Waals surface area contributed by atoms with Crippen LogP contribution in [0.5, 0.6) is 0 Å². The Labute approximate surface area is 149 Å². The summed E-state index contributed by atoms with van der Waals surface area (Å²) in [5, 5.41) is 10.8. The van der Waals surface area contributed by atoms with Gasteiger partial charge >= 0.3 is 0 Å². The number of carboxylic acids is 1. The molecule has 3 rings (SSSR count). The standard InChI is InChI=1S/C20H17FN2O3/c21-15-5-1-13(2-6-15)18-11-9-17(10-12-19(24)25)23(18)16-7-3-14(4-8-16)20(22)26/h1-9,11H,10,12H2,(H2,22,26)(H,24,25)/p-1. The number of amides is 1. The molecule has 1 aromatic heterocycles. The molecule has 0 saturated heterocycles. The van der Waals surface area contributed by atoms with E-state index < -0.39 is 11.9 Å². The zero-order valence-corrected chi connectivity index (χ0v) is 13.8. The van der Waals surface area contributed by atoms with Crippen LogP contribution < -0.4 is 10.8 Å². The number of rotatable bonds is 6. The molecule has 26 heavy (non-hydrogen) atoms. The third-order valence-electron chi connectivity index (χ3n) is 4.10. The first-order chi connectivity index (χ1) is 12.5. The van der Waals surface area contributed by atoms with Crippen molar-refractivity contribution in [3.63, 3.8) is 0 Å². The summed E-state index contributed by atoms with van der Waals surface area (Å²) in [5.74, 6) is -2.00. The molecule has 0 radical (unpaired) electrons. The van der Waals surface area contributed by atoms with Crippen LogP contribution in [-0.2, 0) is 11.2 Å². The van der Waals surface area contributed by atoms with E-state index in [4.69, 9.17) is 5.73 Å². The molecule has 0 fully saturated rings. The van der Waals surface area contributed by atoms with Crippen LogP contribution in [-0.4, -0.2) is 16.4 Å². The van der Waals surface area contributed by atoms with Gasteiger partial charge in [0, 0.05) is 22.9 Å². The second kappa shape index (κ2) is 7.23. The zero-order valence-electron chi connectivity index (χ0n) is 13.8. The maximum absolute atomic E-state index is 13.2. The van der Waals surface area contributed by atoms with Crippen LogP contribution in [0.15, 0.2) is 60.7 Å². The third kappa shape index (κ3) is 3.64. The van der Waals surface area contributed by atoms with E-state index in [0.29, 0.717) is 5.56 Å². The lowest BCUT2D eigenvalue weighted by atomic mass is 10.1. The summed E-state index contributed by atoms with van der Waals surface area (Å²) < 4.78 is 15.1. The Balaban J connectivity index is 2.09. The first kappa shape index (κ1) is 17.4. The van der Waals surface area contributed by atoms with E-state index in [1.807, 2.05) is 16.7 Å². The molecule has 0 spiro atoms. The molecule has 3 aromatic rings. The third-order valence-corrected chi connectivity index (χ3v) is 4.10. The Kier molecular flexibility index (Phi) is 4.84. The second-order valence-corrected chi connectivity index (χ2v) is 5.84. The smallest absolute Gasteiger partial charge is 0.248 e. The summed E-state index contributed by atoms with van der Waals surface area (Å²) in [5.41, 5.74) is 8.72. The normalized spacial score (nSPS) is 10.7. The fourth-order valence-electron chi connectivity index (χ4n) is 2.83. The number of nitrogens with two attached hydrogens (primary N) is 1. The van der Waals surface area contributed by atoms with E-state index in [1.54, 1.807) is 36.4 Å². The highest BCUT2D eigenvalue weighted by Crippen LogP contribution is 2.28. The molecule has 0 unspecified atom stereocenters. The number of primary amides is 1. The van der Waals surface area contributed by atoms with E-state index in [1.165, 1.54) is 12.1 Å².